The molecule has 0 bridgehead atoms. The molecule has 21 heavy (non-hydrogen) atoms. The molecule has 1 saturated carbocycles. The molecule has 0 spiro atoms. The molecule has 114 valence electrons. The number of nitrogens with one attached hydrogen (secondary N) is 1. The van der Waals surface area contributed by atoms with Crippen LogP contribution in [0, 0.1) is 17.8 Å². The molecular formula is C17H24N2O2. The first-order valence-electron chi connectivity index (χ1n) is 7.61. The van der Waals surface area contributed by atoms with Gasteiger partial charge in [0, 0.05) is 19.3 Å². The topological polar surface area (TPSA) is 49.4 Å². The normalized spacial score (nSPS) is 20.2. The van der Waals surface area contributed by atoms with Crippen molar-refractivity contribution in [1.29, 1.82) is 0 Å². The lowest BCUT2D eigenvalue weighted by atomic mass is 10.1. The maximum absolute atomic E-state index is 12.3. The predicted octanol–water partition coefficient (Wildman–Crippen LogP) is 2.45. The highest BCUT2D eigenvalue weighted by molar-refractivity contribution is 6.00. The molecule has 2 atom stereocenters. The maximum Gasteiger partial charge on any atom is 0.230 e. The summed E-state index contributed by atoms with van der Waals surface area (Å²) >= 11 is 0. The minimum atomic E-state index is -0.158. The Hall–Kier alpha value is -1.84. The van der Waals surface area contributed by atoms with Crippen molar-refractivity contribution in [1.82, 2.24) is 5.32 Å². The summed E-state index contributed by atoms with van der Waals surface area (Å²) in [7, 11) is 1.77. The lowest BCUT2D eigenvalue weighted by Gasteiger charge is -2.17. The van der Waals surface area contributed by atoms with E-state index in [0.717, 1.165) is 12.1 Å². The lowest BCUT2D eigenvalue weighted by molar-refractivity contribution is -0.126. The fraction of sp³-hybridized carbons (Fsp3) is 0.529. The first-order valence-corrected chi connectivity index (χ1v) is 7.61. The Morgan fingerprint density at radius 2 is 1.90 bits per heavy atom. The van der Waals surface area contributed by atoms with Crippen LogP contribution in [0.25, 0.3) is 0 Å². The van der Waals surface area contributed by atoms with Crippen LogP contribution in [-0.4, -0.2) is 25.4 Å². The second kappa shape index (κ2) is 6.74. The first kappa shape index (κ1) is 15.5. The quantitative estimate of drug-likeness (QED) is 0.874. The number of anilines is 1. The van der Waals surface area contributed by atoms with E-state index in [2.05, 4.69) is 19.2 Å². The predicted molar refractivity (Wildman–Crippen MR) is 83.9 cm³/mol. The van der Waals surface area contributed by atoms with Crippen molar-refractivity contribution in [3.8, 4) is 0 Å². The van der Waals surface area contributed by atoms with Crippen LogP contribution >= 0.6 is 0 Å². The Morgan fingerprint density at radius 1 is 1.24 bits per heavy atom. The molecule has 4 heteroatoms. The largest absolute Gasteiger partial charge is 0.356 e. The number of rotatable bonds is 6. The Morgan fingerprint density at radius 3 is 2.52 bits per heavy atom. The summed E-state index contributed by atoms with van der Waals surface area (Å²) < 4.78 is 0. The van der Waals surface area contributed by atoms with E-state index in [-0.39, 0.29) is 23.7 Å². The van der Waals surface area contributed by atoms with E-state index in [1.807, 2.05) is 30.3 Å². The van der Waals surface area contributed by atoms with Crippen LogP contribution in [-0.2, 0) is 9.59 Å². The van der Waals surface area contributed by atoms with E-state index < -0.39 is 0 Å². The van der Waals surface area contributed by atoms with Gasteiger partial charge in [0.25, 0.3) is 0 Å². The summed E-state index contributed by atoms with van der Waals surface area (Å²) in [4.78, 5) is 26.0. The van der Waals surface area contributed by atoms with Gasteiger partial charge in [0.2, 0.25) is 11.8 Å². The van der Waals surface area contributed by atoms with E-state index in [0.29, 0.717) is 18.9 Å². The van der Waals surface area contributed by atoms with Gasteiger partial charge in [-0.05, 0) is 30.9 Å². The molecule has 1 aromatic rings. The molecule has 0 aliphatic heterocycles. The van der Waals surface area contributed by atoms with Crippen LogP contribution in [0.2, 0.25) is 0 Å². The molecule has 2 unspecified atom stereocenters. The molecule has 0 radical (unpaired) electrons. The van der Waals surface area contributed by atoms with Gasteiger partial charge >= 0.3 is 0 Å². The van der Waals surface area contributed by atoms with Gasteiger partial charge in [0.15, 0.2) is 0 Å². The first-order chi connectivity index (χ1) is 10.0. The van der Waals surface area contributed by atoms with E-state index in [1.165, 1.54) is 0 Å². The molecular weight excluding hydrogens is 264 g/mol. The number of carbonyl (C=O) groups excluding carboxylic acids is 2. The van der Waals surface area contributed by atoms with Crippen molar-refractivity contribution in [2.45, 2.75) is 26.7 Å². The van der Waals surface area contributed by atoms with Crippen LogP contribution in [0.15, 0.2) is 30.3 Å². The van der Waals surface area contributed by atoms with Gasteiger partial charge in [-0.15, -0.1) is 0 Å². The number of hydrogen-bond donors (Lipinski definition) is 1. The summed E-state index contributed by atoms with van der Waals surface area (Å²) in [6.45, 7) is 4.96. The van der Waals surface area contributed by atoms with Crippen LogP contribution in [0.5, 0.6) is 0 Å². The molecule has 0 heterocycles. The second-order valence-electron chi connectivity index (χ2n) is 6.16. The molecule has 0 saturated heterocycles. The molecule has 1 aliphatic rings. The molecule has 1 N–H and O–H groups in total. The molecule has 1 aromatic carbocycles. The zero-order valence-corrected chi connectivity index (χ0v) is 13.0. The number of hydrogen-bond acceptors (Lipinski definition) is 2. The summed E-state index contributed by atoms with van der Waals surface area (Å²) in [6.07, 6.45) is 1.64. The van der Waals surface area contributed by atoms with Gasteiger partial charge in [-0.3, -0.25) is 9.59 Å². The fourth-order valence-corrected chi connectivity index (χ4v) is 2.40. The van der Waals surface area contributed by atoms with Crippen molar-refractivity contribution in [3.05, 3.63) is 30.3 Å². The summed E-state index contributed by atoms with van der Waals surface area (Å²) in [5, 5.41) is 2.93. The van der Waals surface area contributed by atoms with Crippen LogP contribution in [0.1, 0.15) is 26.7 Å². The Bertz CT molecular complexity index is 499. The van der Waals surface area contributed by atoms with Gasteiger partial charge < -0.3 is 10.2 Å². The Labute approximate surface area is 126 Å². The summed E-state index contributed by atoms with van der Waals surface area (Å²) in [5.74, 6) is 0.330. The molecule has 4 nitrogen and oxygen atoms in total. The molecule has 0 aromatic heterocycles. The fourth-order valence-electron chi connectivity index (χ4n) is 2.40. The average molecular weight is 288 g/mol. The van der Waals surface area contributed by atoms with Gasteiger partial charge in [0.05, 0.1) is 11.8 Å². The van der Waals surface area contributed by atoms with Crippen LogP contribution < -0.4 is 10.2 Å². The number of benzene rings is 1. The number of carbonyl (C=O) groups is 2. The zero-order chi connectivity index (χ0) is 15.4. The Kier molecular flexibility index (Phi) is 4.99. The lowest BCUT2D eigenvalue weighted by Crippen LogP contribution is -2.32. The minimum absolute atomic E-state index is 0.0236. The molecule has 1 aliphatic carbocycles. The maximum atomic E-state index is 12.3. The van der Waals surface area contributed by atoms with Crippen LogP contribution in [0.3, 0.4) is 0 Å². The van der Waals surface area contributed by atoms with Crippen molar-refractivity contribution >= 4 is 17.5 Å². The van der Waals surface area contributed by atoms with Crippen molar-refractivity contribution < 1.29 is 9.59 Å². The average Bonchev–Trinajstić information content (AvgIpc) is 3.26. The highest BCUT2D eigenvalue weighted by Crippen LogP contribution is 2.40. The third kappa shape index (κ3) is 4.06. The molecule has 2 rings (SSSR count). The van der Waals surface area contributed by atoms with Gasteiger partial charge in [-0.25, -0.2) is 0 Å². The number of amides is 2. The van der Waals surface area contributed by atoms with Crippen molar-refractivity contribution in [2.24, 2.45) is 17.8 Å². The number of para-hydroxylation sites is 1. The monoisotopic (exact) mass is 288 g/mol. The van der Waals surface area contributed by atoms with E-state index in [9.17, 15) is 9.59 Å². The standard InChI is InChI=1S/C17H24N2O2/c1-12(2)9-10-18-16(20)14-11-15(14)17(21)19(3)13-7-5-4-6-8-13/h4-8,12,14-15H,9-11H2,1-3H3,(H,18,20). The SMILES string of the molecule is CC(C)CCNC(=O)C1CC1C(=O)N(C)c1ccccc1. The highest BCUT2D eigenvalue weighted by Gasteiger charge is 2.49. The van der Waals surface area contributed by atoms with Crippen LogP contribution in [0.4, 0.5) is 5.69 Å². The van der Waals surface area contributed by atoms with E-state index in [4.69, 9.17) is 0 Å². The van der Waals surface area contributed by atoms with E-state index in [1.54, 1.807) is 11.9 Å². The second-order valence-corrected chi connectivity index (χ2v) is 6.16. The van der Waals surface area contributed by atoms with Gasteiger partial charge in [-0.1, -0.05) is 32.0 Å². The number of nitrogens with zero attached hydrogens (tertiary/aromatic N) is 1. The zero-order valence-electron chi connectivity index (χ0n) is 13.0. The van der Waals surface area contributed by atoms with Gasteiger partial charge in [-0.2, -0.15) is 0 Å². The third-order valence-electron chi connectivity index (χ3n) is 3.94. The Balaban J connectivity index is 1.82. The van der Waals surface area contributed by atoms with Gasteiger partial charge in [0.1, 0.15) is 0 Å². The smallest absolute Gasteiger partial charge is 0.230 e. The van der Waals surface area contributed by atoms with E-state index >= 15 is 0 Å². The third-order valence-corrected chi connectivity index (χ3v) is 3.94. The molecule has 1 fully saturated rings. The summed E-state index contributed by atoms with van der Waals surface area (Å²) in [6, 6.07) is 9.53. The van der Waals surface area contributed by atoms with Crippen molar-refractivity contribution in [3.63, 3.8) is 0 Å². The highest BCUT2D eigenvalue weighted by atomic mass is 16.2. The minimum Gasteiger partial charge on any atom is -0.356 e. The van der Waals surface area contributed by atoms with Crippen molar-refractivity contribution in [2.75, 3.05) is 18.5 Å². The molecule has 2 amide bonds. The summed E-state index contributed by atoms with van der Waals surface area (Å²) in [5.41, 5.74) is 0.869.